The third-order valence-corrected chi connectivity index (χ3v) is 4.18. The molecule has 5 heteroatoms. The highest BCUT2D eigenvalue weighted by molar-refractivity contribution is 7.15. The summed E-state index contributed by atoms with van der Waals surface area (Å²) in [7, 11) is 1.72. The molecule has 20 heavy (non-hydrogen) atoms. The molecule has 106 valence electrons. The molecule has 0 saturated carbocycles. The van der Waals surface area contributed by atoms with E-state index in [0.717, 1.165) is 16.1 Å². The van der Waals surface area contributed by atoms with Crippen LogP contribution >= 0.6 is 11.3 Å². The lowest BCUT2D eigenvalue weighted by atomic mass is 10.2. The number of aromatic nitrogens is 1. The number of rotatable bonds is 4. The van der Waals surface area contributed by atoms with Crippen molar-refractivity contribution < 1.29 is 9.53 Å². The number of amides is 1. The second kappa shape index (κ2) is 6.05. The smallest absolute Gasteiger partial charge is 0.266 e. The number of anilines is 1. The van der Waals surface area contributed by atoms with Gasteiger partial charge in [-0.15, -0.1) is 11.3 Å². The van der Waals surface area contributed by atoms with E-state index < -0.39 is 0 Å². The number of aryl methyl sites for hydroxylation is 3. The summed E-state index contributed by atoms with van der Waals surface area (Å²) in [6.45, 7) is 5.94. The third-order valence-electron chi connectivity index (χ3n) is 3.03. The van der Waals surface area contributed by atoms with Crippen molar-refractivity contribution in [1.82, 2.24) is 4.98 Å². The Bertz CT molecular complexity index is 603. The molecule has 0 atom stereocenters. The molecule has 0 fully saturated rings. The first kappa shape index (κ1) is 14.5. The van der Waals surface area contributed by atoms with Crippen molar-refractivity contribution >= 4 is 22.4 Å². The number of likely N-dealkylation sites (N-methyl/N-ethyl adjacent to an activating group) is 1. The summed E-state index contributed by atoms with van der Waals surface area (Å²) in [4.78, 5) is 19.1. The molecule has 1 aromatic heterocycles. The van der Waals surface area contributed by atoms with Crippen LogP contribution in [0.1, 0.15) is 16.1 Å². The fourth-order valence-electron chi connectivity index (χ4n) is 1.65. The summed E-state index contributed by atoms with van der Waals surface area (Å²) in [6, 6.07) is 7.65. The predicted octanol–water partition coefficient (Wildman–Crippen LogP) is 3.11. The first-order chi connectivity index (χ1) is 9.47. The quantitative estimate of drug-likeness (QED) is 0.869. The zero-order valence-corrected chi connectivity index (χ0v) is 13.0. The zero-order valence-electron chi connectivity index (χ0n) is 12.1. The van der Waals surface area contributed by atoms with Gasteiger partial charge >= 0.3 is 0 Å². The number of benzene rings is 1. The Hall–Kier alpha value is -1.88. The van der Waals surface area contributed by atoms with Gasteiger partial charge in [-0.25, -0.2) is 4.98 Å². The summed E-state index contributed by atoms with van der Waals surface area (Å²) in [6.07, 6.45) is 0. The minimum Gasteiger partial charge on any atom is -0.484 e. The summed E-state index contributed by atoms with van der Waals surface area (Å²) in [5, 5.41) is 0.706. The number of nitrogens with zero attached hydrogens (tertiary/aromatic N) is 2. The van der Waals surface area contributed by atoms with Crippen LogP contribution in [0.25, 0.3) is 0 Å². The van der Waals surface area contributed by atoms with Crippen molar-refractivity contribution in [3.63, 3.8) is 0 Å². The second-order valence-corrected chi connectivity index (χ2v) is 5.88. The van der Waals surface area contributed by atoms with Crippen molar-refractivity contribution in [2.75, 3.05) is 18.6 Å². The minimum absolute atomic E-state index is 0.0115. The molecule has 0 aliphatic carbocycles. The van der Waals surface area contributed by atoms with Crippen LogP contribution in [0.5, 0.6) is 5.75 Å². The Balaban J connectivity index is 1.98. The van der Waals surface area contributed by atoms with Crippen molar-refractivity contribution in [2.45, 2.75) is 20.8 Å². The number of ether oxygens (including phenoxy) is 1. The number of thiazole rings is 1. The molecule has 1 amide bonds. The Labute approximate surface area is 123 Å². The van der Waals surface area contributed by atoms with Gasteiger partial charge in [0, 0.05) is 11.9 Å². The Morgan fingerprint density at radius 2 is 2.10 bits per heavy atom. The van der Waals surface area contributed by atoms with Gasteiger partial charge in [-0.1, -0.05) is 12.1 Å². The Morgan fingerprint density at radius 1 is 1.35 bits per heavy atom. The minimum atomic E-state index is -0.111. The fraction of sp³-hybridized carbons (Fsp3) is 0.333. The number of carbonyl (C=O) groups is 1. The van der Waals surface area contributed by atoms with Crippen LogP contribution in [-0.4, -0.2) is 24.5 Å². The monoisotopic (exact) mass is 290 g/mol. The summed E-state index contributed by atoms with van der Waals surface area (Å²) in [5.74, 6) is 0.596. The molecule has 2 rings (SSSR count). The zero-order chi connectivity index (χ0) is 14.7. The van der Waals surface area contributed by atoms with E-state index in [9.17, 15) is 4.79 Å². The maximum Gasteiger partial charge on any atom is 0.266 e. The van der Waals surface area contributed by atoms with Crippen molar-refractivity contribution in [3.8, 4) is 5.75 Å². The van der Waals surface area contributed by atoms with Crippen molar-refractivity contribution in [1.29, 1.82) is 0 Å². The van der Waals surface area contributed by atoms with Crippen LogP contribution in [0.4, 0.5) is 5.13 Å². The highest BCUT2D eigenvalue weighted by Crippen LogP contribution is 2.24. The first-order valence-corrected chi connectivity index (χ1v) is 7.19. The van der Waals surface area contributed by atoms with E-state index in [0.29, 0.717) is 10.9 Å². The van der Waals surface area contributed by atoms with Gasteiger partial charge in [0.05, 0.1) is 5.69 Å². The molecule has 0 aliphatic rings. The lowest BCUT2D eigenvalue weighted by molar-refractivity contribution is -0.120. The molecule has 1 heterocycles. The van der Waals surface area contributed by atoms with Crippen LogP contribution in [0, 0.1) is 20.8 Å². The van der Waals surface area contributed by atoms with Gasteiger partial charge in [-0.2, -0.15) is 0 Å². The van der Waals surface area contributed by atoms with Crippen LogP contribution in [0.15, 0.2) is 24.3 Å². The molecule has 0 bridgehead atoms. The number of hydrogen-bond donors (Lipinski definition) is 0. The van der Waals surface area contributed by atoms with Gasteiger partial charge in [-0.05, 0) is 38.5 Å². The Morgan fingerprint density at radius 3 is 2.70 bits per heavy atom. The topological polar surface area (TPSA) is 42.4 Å². The summed E-state index contributed by atoms with van der Waals surface area (Å²) < 4.78 is 5.51. The van der Waals surface area contributed by atoms with Gasteiger partial charge < -0.3 is 4.74 Å². The number of hydrogen-bond acceptors (Lipinski definition) is 4. The molecule has 0 aliphatic heterocycles. The highest BCUT2D eigenvalue weighted by atomic mass is 32.1. The molecule has 4 nitrogen and oxygen atoms in total. The first-order valence-electron chi connectivity index (χ1n) is 6.37. The van der Waals surface area contributed by atoms with Crippen LogP contribution < -0.4 is 9.64 Å². The van der Waals surface area contributed by atoms with Gasteiger partial charge in [0.2, 0.25) is 0 Å². The lowest BCUT2D eigenvalue weighted by Gasteiger charge is -2.14. The van der Waals surface area contributed by atoms with E-state index in [2.05, 4.69) is 4.98 Å². The van der Waals surface area contributed by atoms with Gasteiger partial charge in [0.15, 0.2) is 11.7 Å². The third kappa shape index (κ3) is 3.36. The largest absolute Gasteiger partial charge is 0.484 e. The fourth-order valence-corrected chi connectivity index (χ4v) is 2.54. The normalized spacial score (nSPS) is 10.4. The second-order valence-electron chi connectivity index (χ2n) is 4.70. The van der Waals surface area contributed by atoms with Crippen LogP contribution in [0.2, 0.25) is 0 Å². The van der Waals surface area contributed by atoms with Crippen molar-refractivity contribution in [3.05, 3.63) is 40.4 Å². The van der Waals surface area contributed by atoms with Crippen molar-refractivity contribution in [2.24, 2.45) is 0 Å². The maximum atomic E-state index is 12.1. The SMILES string of the molecule is Cc1cccc(OCC(=O)N(C)c2nc(C)c(C)s2)c1. The van der Waals surface area contributed by atoms with E-state index in [4.69, 9.17) is 4.74 Å². The van der Waals surface area contributed by atoms with E-state index in [1.54, 1.807) is 11.9 Å². The number of carbonyl (C=O) groups excluding carboxylic acids is 1. The van der Waals surface area contributed by atoms with E-state index in [1.165, 1.54) is 11.3 Å². The maximum absolute atomic E-state index is 12.1. The molecule has 1 aromatic carbocycles. The summed E-state index contributed by atoms with van der Waals surface area (Å²) >= 11 is 1.51. The summed E-state index contributed by atoms with van der Waals surface area (Å²) in [5.41, 5.74) is 2.07. The average Bonchev–Trinajstić information content (AvgIpc) is 2.75. The molecular weight excluding hydrogens is 272 g/mol. The molecule has 0 unspecified atom stereocenters. The lowest BCUT2D eigenvalue weighted by Crippen LogP contribution is -2.31. The molecule has 0 spiro atoms. The van der Waals surface area contributed by atoms with E-state index in [-0.39, 0.29) is 12.5 Å². The Kier molecular flexibility index (Phi) is 4.39. The van der Waals surface area contributed by atoms with Gasteiger partial charge in [-0.3, -0.25) is 9.69 Å². The van der Waals surface area contributed by atoms with Crippen LogP contribution in [-0.2, 0) is 4.79 Å². The van der Waals surface area contributed by atoms with Gasteiger partial charge in [0.1, 0.15) is 5.75 Å². The highest BCUT2D eigenvalue weighted by Gasteiger charge is 2.16. The molecular formula is C15H18N2O2S. The van der Waals surface area contributed by atoms with E-state index in [1.807, 2.05) is 45.0 Å². The molecule has 0 radical (unpaired) electrons. The molecule has 2 aromatic rings. The van der Waals surface area contributed by atoms with Gasteiger partial charge in [0.25, 0.3) is 5.91 Å². The standard InChI is InChI=1S/C15H18N2O2S/c1-10-6-5-7-13(8-10)19-9-14(18)17(4)15-16-11(2)12(3)20-15/h5-8H,9H2,1-4H3. The van der Waals surface area contributed by atoms with Crippen LogP contribution in [0.3, 0.4) is 0 Å². The van der Waals surface area contributed by atoms with E-state index >= 15 is 0 Å². The predicted molar refractivity (Wildman–Crippen MR) is 81.7 cm³/mol. The molecule has 0 saturated heterocycles. The molecule has 0 N–H and O–H groups in total. The average molecular weight is 290 g/mol.